The maximum Gasteiger partial charge on any atom is 0.219 e. The minimum absolute atomic E-state index is 0.0542. The van der Waals surface area contributed by atoms with Crippen LogP contribution in [-0.2, 0) is 4.79 Å². The lowest BCUT2D eigenvalue weighted by Crippen LogP contribution is -2.18. The molecule has 0 aliphatic heterocycles. The molecule has 1 aromatic carbocycles. The molecule has 1 aromatic rings. The Morgan fingerprint density at radius 2 is 2.17 bits per heavy atom. The van der Waals surface area contributed by atoms with Crippen molar-refractivity contribution in [2.75, 3.05) is 13.7 Å². The zero-order valence-corrected chi connectivity index (χ0v) is 12.7. The van der Waals surface area contributed by atoms with Gasteiger partial charge in [-0.25, -0.2) is 0 Å². The third-order valence-electron chi connectivity index (χ3n) is 2.68. The first kappa shape index (κ1) is 15.0. The van der Waals surface area contributed by atoms with E-state index >= 15 is 0 Å². The van der Waals surface area contributed by atoms with Gasteiger partial charge < -0.3 is 10.1 Å². The zero-order valence-electron chi connectivity index (χ0n) is 11.1. The smallest absolute Gasteiger partial charge is 0.219 e. The summed E-state index contributed by atoms with van der Waals surface area (Å²) in [5, 5.41) is 2.60. The fraction of sp³-hybridized carbons (Fsp3) is 0.500. The molecule has 3 nitrogen and oxygen atoms in total. The Hall–Kier alpha value is -1.03. The molecule has 0 heterocycles. The van der Waals surface area contributed by atoms with Crippen molar-refractivity contribution < 1.29 is 9.53 Å². The number of rotatable bonds is 6. The summed E-state index contributed by atoms with van der Waals surface area (Å²) < 4.78 is 6.81. The van der Waals surface area contributed by atoms with Crippen LogP contribution >= 0.6 is 15.9 Å². The molecule has 0 saturated heterocycles. The topological polar surface area (TPSA) is 38.3 Å². The molecule has 0 bridgehead atoms. The lowest BCUT2D eigenvalue weighted by molar-refractivity contribution is -0.120. The average molecular weight is 314 g/mol. The van der Waals surface area contributed by atoms with Crippen molar-refractivity contribution in [2.45, 2.75) is 32.6 Å². The molecule has 1 rings (SSSR count). The Kier molecular flexibility index (Phi) is 6.19. The van der Waals surface area contributed by atoms with Crippen LogP contribution in [0.4, 0.5) is 0 Å². The number of carbonyl (C=O) groups excluding carboxylic acids is 1. The van der Waals surface area contributed by atoms with Gasteiger partial charge in [0.05, 0.1) is 6.61 Å². The molecule has 0 aliphatic carbocycles. The molecule has 1 N–H and O–H groups in total. The van der Waals surface area contributed by atoms with Gasteiger partial charge in [0, 0.05) is 17.9 Å². The number of hydrogen-bond acceptors (Lipinski definition) is 2. The Morgan fingerprint density at radius 1 is 1.44 bits per heavy atom. The van der Waals surface area contributed by atoms with E-state index in [1.807, 2.05) is 12.1 Å². The Bertz CT molecular complexity index is 405. The first-order valence-electron chi connectivity index (χ1n) is 6.17. The SMILES string of the molecule is CNC(=O)CCCOc1ccc(Br)cc1C(C)C. The summed E-state index contributed by atoms with van der Waals surface area (Å²) in [7, 11) is 1.65. The van der Waals surface area contributed by atoms with Crippen molar-refractivity contribution in [2.24, 2.45) is 0 Å². The quantitative estimate of drug-likeness (QED) is 0.817. The van der Waals surface area contributed by atoms with Gasteiger partial charge in [0.1, 0.15) is 5.75 Å². The van der Waals surface area contributed by atoms with Crippen molar-refractivity contribution in [3.8, 4) is 5.75 Å². The van der Waals surface area contributed by atoms with E-state index in [9.17, 15) is 4.79 Å². The van der Waals surface area contributed by atoms with E-state index in [4.69, 9.17) is 4.74 Å². The zero-order chi connectivity index (χ0) is 13.5. The van der Waals surface area contributed by atoms with Gasteiger partial charge in [0.2, 0.25) is 5.91 Å². The fourth-order valence-electron chi connectivity index (χ4n) is 1.64. The highest BCUT2D eigenvalue weighted by atomic mass is 79.9. The molecular formula is C14H20BrNO2. The van der Waals surface area contributed by atoms with E-state index in [1.165, 1.54) is 5.56 Å². The summed E-state index contributed by atoms with van der Waals surface area (Å²) in [6.45, 7) is 4.84. The van der Waals surface area contributed by atoms with E-state index in [0.717, 1.165) is 16.6 Å². The second-order valence-corrected chi connectivity index (χ2v) is 5.38. The van der Waals surface area contributed by atoms with Crippen molar-refractivity contribution in [3.05, 3.63) is 28.2 Å². The summed E-state index contributed by atoms with van der Waals surface area (Å²) in [5.74, 6) is 1.38. The van der Waals surface area contributed by atoms with Gasteiger partial charge in [0.25, 0.3) is 0 Å². The van der Waals surface area contributed by atoms with Crippen molar-refractivity contribution in [1.82, 2.24) is 5.32 Å². The van der Waals surface area contributed by atoms with Gasteiger partial charge in [-0.1, -0.05) is 29.8 Å². The summed E-state index contributed by atoms with van der Waals surface area (Å²) in [5.41, 5.74) is 1.18. The van der Waals surface area contributed by atoms with Gasteiger partial charge >= 0.3 is 0 Å². The number of halogens is 1. The van der Waals surface area contributed by atoms with E-state index < -0.39 is 0 Å². The van der Waals surface area contributed by atoms with Crippen LogP contribution in [0.1, 0.15) is 38.2 Å². The molecule has 0 fully saturated rings. The van der Waals surface area contributed by atoms with Crippen LogP contribution in [0, 0.1) is 0 Å². The molecule has 18 heavy (non-hydrogen) atoms. The number of amides is 1. The van der Waals surface area contributed by atoms with Crippen LogP contribution in [0.2, 0.25) is 0 Å². The van der Waals surface area contributed by atoms with Gasteiger partial charge in [0.15, 0.2) is 0 Å². The number of hydrogen-bond donors (Lipinski definition) is 1. The maximum absolute atomic E-state index is 11.1. The molecule has 4 heteroatoms. The highest BCUT2D eigenvalue weighted by Crippen LogP contribution is 2.29. The van der Waals surface area contributed by atoms with Gasteiger partial charge in [-0.3, -0.25) is 4.79 Å². The number of ether oxygens (including phenoxy) is 1. The lowest BCUT2D eigenvalue weighted by atomic mass is 10.0. The van der Waals surface area contributed by atoms with E-state index in [0.29, 0.717) is 18.9 Å². The number of carbonyl (C=O) groups is 1. The normalized spacial score (nSPS) is 10.5. The Labute approximate surface area is 117 Å². The molecular weight excluding hydrogens is 294 g/mol. The molecule has 0 unspecified atom stereocenters. The van der Waals surface area contributed by atoms with E-state index in [1.54, 1.807) is 7.05 Å². The monoisotopic (exact) mass is 313 g/mol. The van der Waals surface area contributed by atoms with E-state index in [2.05, 4.69) is 41.2 Å². The molecule has 0 spiro atoms. The molecule has 100 valence electrons. The summed E-state index contributed by atoms with van der Waals surface area (Å²) in [4.78, 5) is 11.1. The first-order chi connectivity index (χ1) is 8.54. The predicted octanol–water partition coefficient (Wildman–Crippen LogP) is 3.48. The summed E-state index contributed by atoms with van der Waals surface area (Å²) >= 11 is 3.47. The van der Waals surface area contributed by atoms with Crippen molar-refractivity contribution in [1.29, 1.82) is 0 Å². The molecule has 0 radical (unpaired) electrons. The lowest BCUT2D eigenvalue weighted by Gasteiger charge is -2.14. The molecule has 0 saturated carbocycles. The minimum atomic E-state index is 0.0542. The van der Waals surface area contributed by atoms with Crippen molar-refractivity contribution >= 4 is 21.8 Å². The van der Waals surface area contributed by atoms with Crippen molar-refractivity contribution in [3.63, 3.8) is 0 Å². The summed E-state index contributed by atoms with van der Waals surface area (Å²) in [6, 6.07) is 6.03. The molecule has 0 atom stereocenters. The number of benzene rings is 1. The van der Waals surface area contributed by atoms with Gasteiger partial charge in [-0.05, 0) is 36.1 Å². The average Bonchev–Trinajstić information content (AvgIpc) is 2.35. The third kappa shape index (κ3) is 4.69. The maximum atomic E-state index is 11.1. The van der Waals surface area contributed by atoms with Crippen LogP contribution < -0.4 is 10.1 Å². The highest BCUT2D eigenvalue weighted by molar-refractivity contribution is 9.10. The molecule has 0 aliphatic rings. The Balaban J connectivity index is 2.54. The second kappa shape index (κ2) is 7.41. The van der Waals surface area contributed by atoms with Crippen LogP contribution in [0.5, 0.6) is 5.75 Å². The van der Waals surface area contributed by atoms with Crippen LogP contribution in [0.25, 0.3) is 0 Å². The highest BCUT2D eigenvalue weighted by Gasteiger charge is 2.08. The third-order valence-corrected chi connectivity index (χ3v) is 3.17. The van der Waals surface area contributed by atoms with Crippen LogP contribution in [0.15, 0.2) is 22.7 Å². The number of nitrogens with one attached hydrogen (secondary N) is 1. The molecule has 1 amide bonds. The Morgan fingerprint density at radius 3 is 2.78 bits per heavy atom. The molecule has 0 aromatic heterocycles. The standard InChI is InChI=1S/C14H20BrNO2/c1-10(2)12-9-11(15)6-7-13(12)18-8-4-5-14(17)16-3/h6-7,9-10H,4-5,8H2,1-3H3,(H,16,17). The summed E-state index contributed by atoms with van der Waals surface area (Å²) in [6.07, 6.45) is 1.23. The van der Waals surface area contributed by atoms with Crippen LogP contribution in [0.3, 0.4) is 0 Å². The van der Waals surface area contributed by atoms with Crippen LogP contribution in [-0.4, -0.2) is 19.6 Å². The van der Waals surface area contributed by atoms with Gasteiger partial charge in [-0.15, -0.1) is 0 Å². The second-order valence-electron chi connectivity index (χ2n) is 4.46. The van der Waals surface area contributed by atoms with Gasteiger partial charge in [-0.2, -0.15) is 0 Å². The predicted molar refractivity (Wildman–Crippen MR) is 77.0 cm³/mol. The first-order valence-corrected chi connectivity index (χ1v) is 6.96. The van der Waals surface area contributed by atoms with E-state index in [-0.39, 0.29) is 5.91 Å². The fourth-order valence-corrected chi connectivity index (χ4v) is 2.02. The largest absolute Gasteiger partial charge is 0.493 e. The minimum Gasteiger partial charge on any atom is -0.493 e.